The third-order valence-electron chi connectivity index (χ3n) is 3.74. The molecule has 0 saturated carbocycles. The molecule has 0 saturated heterocycles. The maximum atomic E-state index is 5.62. The summed E-state index contributed by atoms with van der Waals surface area (Å²) in [5.41, 5.74) is 10.8. The lowest BCUT2D eigenvalue weighted by Crippen LogP contribution is -2.04. The lowest BCUT2D eigenvalue weighted by atomic mass is 10.0. The fraction of sp³-hybridized carbons (Fsp3) is 0.467. The van der Waals surface area contributed by atoms with Crippen LogP contribution in [0.1, 0.15) is 23.2 Å². The third kappa shape index (κ3) is 1.89. The minimum atomic E-state index is 0.733. The Hall–Kier alpha value is -1.48. The zero-order valence-corrected chi connectivity index (χ0v) is 11.7. The highest BCUT2D eigenvalue weighted by molar-refractivity contribution is 5.93. The second-order valence-corrected chi connectivity index (χ2v) is 4.83. The van der Waals surface area contributed by atoms with Crippen molar-refractivity contribution in [3.05, 3.63) is 29.0 Å². The predicted molar refractivity (Wildman–Crippen MR) is 76.3 cm³/mol. The molecule has 0 aliphatic heterocycles. The summed E-state index contributed by atoms with van der Waals surface area (Å²) < 4.78 is 7.75. The van der Waals surface area contributed by atoms with Crippen LogP contribution in [-0.4, -0.2) is 18.2 Å². The molecule has 1 heterocycles. The van der Waals surface area contributed by atoms with Gasteiger partial charge >= 0.3 is 0 Å². The van der Waals surface area contributed by atoms with Crippen LogP contribution in [0.2, 0.25) is 0 Å². The van der Waals surface area contributed by atoms with E-state index in [9.17, 15) is 0 Å². The summed E-state index contributed by atoms with van der Waals surface area (Å²) in [6, 6.07) is 4.17. The van der Waals surface area contributed by atoms with Crippen molar-refractivity contribution in [1.29, 1.82) is 0 Å². The highest BCUT2D eigenvalue weighted by Crippen LogP contribution is 2.34. The molecule has 3 heteroatoms. The molecule has 0 fully saturated rings. The number of hydrogen-bond donors (Lipinski definition) is 1. The van der Waals surface area contributed by atoms with Gasteiger partial charge in [-0.3, -0.25) is 0 Å². The molecule has 0 spiro atoms. The lowest BCUT2D eigenvalue weighted by Gasteiger charge is -2.08. The topological polar surface area (TPSA) is 40.2 Å². The third-order valence-corrected chi connectivity index (χ3v) is 3.74. The molecule has 0 amide bonds. The van der Waals surface area contributed by atoms with Crippen molar-refractivity contribution in [2.24, 2.45) is 12.8 Å². The van der Waals surface area contributed by atoms with Crippen LogP contribution in [0.25, 0.3) is 10.9 Å². The van der Waals surface area contributed by atoms with E-state index in [1.807, 2.05) is 6.07 Å². The van der Waals surface area contributed by atoms with Gasteiger partial charge in [0.15, 0.2) is 0 Å². The van der Waals surface area contributed by atoms with Crippen LogP contribution in [0.3, 0.4) is 0 Å². The van der Waals surface area contributed by atoms with Gasteiger partial charge in [0, 0.05) is 18.1 Å². The molecule has 2 aromatic rings. The number of nitrogens with two attached hydrogens (primary N) is 1. The van der Waals surface area contributed by atoms with Crippen LogP contribution in [0, 0.1) is 13.8 Å². The number of aromatic nitrogens is 1. The largest absolute Gasteiger partial charge is 0.495 e. The molecule has 1 aromatic carbocycles. The van der Waals surface area contributed by atoms with Crippen LogP contribution in [0.4, 0.5) is 0 Å². The molecule has 0 radical (unpaired) electrons. The highest BCUT2D eigenvalue weighted by Gasteiger charge is 2.16. The Balaban J connectivity index is 2.71. The van der Waals surface area contributed by atoms with Gasteiger partial charge in [0.1, 0.15) is 5.75 Å². The molecule has 0 unspecified atom stereocenters. The quantitative estimate of drug-likeness (QED) is 0.901. The summed E-state index contributed by atoms with van der Waals surface area (Å²) in [5.74, 6) is 0.945. The summed E-state index contributed by atoms with van der Waals surface area (Å²) in [5, 5.41) is 1.32. The number of aryl methyl sites for hydroxylation is 3. The van der Waals surface area contributed by atoms with Gasteiger partial charge in [0.25, 0.3) is 0 Å². The minimum absolute atomic E-state index is 0.733. The zero-order valence-electron chi connectivity index (χ0n) is 11.7. The Labute approximate surface area is 109 Å². The Morgan fingerprint density at radius 2 is 2.00 bits per heavy atom. The van der Waals surface area contributed by atoms with Crippen molar-refractivity contribution < 1.29 is 4.74 Å². The molecule has 0 aliphatic rings. The van der Waals surface area contributed by atoms with Crippen molar-refractivity contribution in [3.8, 4) is 5.75 Å². The molecule has 3 nitrogen and oxygen atoms in total. The molecule has 0 bridgehead atoms. The van der Waals surface area contributed by atoms with Gasteiger partial charge in [-0.25, -0.2) is 0 Å². The maximum Gasteiger partial charge on any atom is 0.143 e. The van der Waals surface area contributed by atoms with Gasteiger partial charge in [0.05, 0.1) is 12.6 Å². The van der Waals surface area contributed by atoms with E-state index < -0.39 is 0 Å². The number of methoxy groups -OCH3 is 1. The zero-order chi connectivity index (χ0) is 13.3. The Kier molecular flexibility index (Phi) is 3.62. The second kappa shape index (κ2) is 5.02. The van der Waals surface area contributed by atoms with Crippen LogP contribution >= 0.6 is 0 Å². The first-order valence-electron chi connectivity index (χ1n) is 6.43. The predicted octanol–water partition coefficient (Wildman–Crippen LogP) is 2.70. The average Bonchev–Trinajstić information content (AvgIpc) is 2.62. The van der Waals surface area contributed by atoms with E-state index in [0.717, 1.165) is 25.1 Å². The smallest absolute Gasteiger partial charge is 0.143 e. The molecular formula is C15H22N2O. The van der Waals surface area contributed by atoms with Gasteiger partial charge in [-0.05, 0) is 50.4 Å². The van der Waals surface area contributed by atoms with Crippen molar-refractivity contribution in [2.45, 2.75) is 26.7 Å². The van der Waals surface area contributed by atoms with E-state index in [2.05, 4.69) is 31.5 Å². The van der Waals surface area contributed by atoms with E-state index in [1.54, 1.807) is 7.11 Å². The number of ether oxygens (including phenoxy) is 1. The molecule has 98 valence electrons. The van der Waals surface area contributed by atoms with E-state index in [4.69, 9.17) is 10.5 Å². The molecule has 0 atom stereocenters. The second-order valence-electron chi connectivity index (χ2n) is 4.83. The lowest BCUT2D eigenvalue weighted by molar-refractivity contribution is 0.417. The van der Waals surface area contributed by atoms with Crippen molar-refractivity contribution in [3.63, 3.8) is 0 Å². The van der Waals surface area contributed by atoms with Gasteiger partial charge < -0.3 is 15.0 Å². The summed E-state index contributed by atoms with van der Waals surface area (Å²) in [6.45, 7) is 5.08. The molecule has 1 aromatic heterocycles. The van der Waals surface area contributed by atoms with Gasteiger partial charge in [0.2, 0.25) is 0 Å². The first kappa shape index (κ1) is 13.0. The van der Waals surface area contributed by atoms with Crippen LogP contribution in [0.5, 0.6) is 5.75 Å². The fourth-order valence-corrected chi connectivity index (χ4v) is 2.80. The summed E-state index contributed by atoms with van der Waals surface area (Å²) in [7, 11) is 3.84. The number of benzene rings is 1. The van der Waals surface area contributed by atoms with Crippen molar-refractivity contribution in [2.75, 3.05) is 13.7 Å². The Morgan fingerprint density at radius 3 is 2.61 bits per heavy atom. The summed E-state index contributed by atoms with van der Waals surface area (Å²) in [6.07, 6.45) is 2.04. The molecular weight excluding hydrogens is 224 g/mol. The summed E-state index contributed by atoms with van der Waals surface area (Å²) >= 11 is 0. The number of rotatable bonds is 4. The Morgan fingerprint density at radius 1 is 1.28 bits per heavy atom. The first-order valence-corrected chi connectivity index (χ1v) is 6.43. The Bertz CT molecular complexity index is 570. The van der Waals surface area contributed by atoms with Crippen molar-refractivity contribution in [1.82, 2.24) is 4.57 Å². The molecule has 2 rings (SSSR count). The van der Waals surface area contributed by atoms with Crippen LogP contribution in [-0.2, 0) is 13.5 Å². The average molecular weight is 246 g/mol. The normalized spacial score (nSPS) is 11.2. The van der Waals surface area contributed by atoms with Crippen LogP contribution < -0.4 is 10.5 Å². The molecule has 2 N–H and O–H groups in total. The maximum absolute atomic E-state index is 5.62. The SMILES string of the molecule is COc1ccc(C)c2c(C)c(CCCN)n(C)c12. The monoisotopic (exact) mass is 246 g/mol. The van der Waals surface area contributed by atoms with E-state index in [1.165, 1.54) is 27.7 Å². The van der Waals surface area contributed by atoms with Gasteiger partial charge in [-0.1, -0.05) is 6.07 Å². The fourth-order valence-electron chi connectivity index (χ4n) is 2.80. The molecule has 18 heavy (non-hydrogen) atoms. The van der Waals surface area contributed by atoms with E-state index in [0.29, 0.717) is 0 Å². The van der Waals surface area contributed by atoms with Gasteiger partial charge in [-0.15, -0.1) is 0 Å². The van der Waals surface area contributed by atoms with Crippen molar-refractivity contribution >= 4 is 10.9 Å². The minimum Gasteiger partial charge on any atom is -0.495 e. The number of fused-ring (bicyclic) bond motifs is 1. The molecule has 0 aliphatic carbocycles. The number of nitrogens with zero attached hydrogens (tertiary/aromatic N) is 1. The highest BCUT2D eigenvalue weighted by atomic mass is 16.5. The number of hydrogen-bond acceptors (Lipinski definition) is 2. The standard InChI is InChI=1S/C15H22N2O/c1-10-7-8-13(18-4)15-14(10)11(2)12(17(15)3)6-5-9-16/h7-8H,5-6,9,16H2,1-4H3. The van der Waals surface area contributed by atoms with Gasteiger partial charge in [-0.2, -0.15) is 0 Å². The first-order chi connectivity index (χ1) is 8.61. The van der Waals surface area contributed by atoms with E-state index >= 15 is 0 Å². The van der Waals surface area contributed by atoms with Crippen LogP contribution in [0.15, 0.2) is 12.1 Å². The summed E-state index contributed by atoms with van der Waals surface area (Å²) in [4.78, 5) is 0. The van der Waals surface area contributed by atoms with E-state index in [-0.39, 0.29) is 0 Å².